The van der Waals surface area contributed by atoms with E-state index in [4.69, 9.17) is 5.10 Å². The van der Waals surface area contributed by atoms with Gasteiger partial charge in [-0.15, -0.1) is 0 Å². The Hall–Kier alpha value is -3.58. The fraction of sp³-hybridized carbons (Fsp3) is 0. The summed E-state index contributed by atoms with van der Waals surface area (Å²) in [4.78, 5) is 8.83. The third-order valence-electron chi connectivity index (χ3n) is 4.23. The van der Waals surface area contributed by atoms with E-state index < -0.39 is 0 Å². The van der Waals surface area contributed by atoms with E-state index in [9.17, 15) is 0 Å². The molecule has 3 heterocycles. The number of para-hydroxylation sites is 1. The molecule has 5 rings (SSSR count). The van der Waals surface area contributed by atoms with Gasteiger partial charge in [-0.2, -0.15) is 10.1 Å². The second-order valence-corrected chi connectivity index (χ2v) is 5.79. The SMILES string of the molecule is C1=C[N+]2(c3ccccc3)N=C(Nc3ccc4[nH]ncc4c3)N=C2C=N1. The summed E-state index contributed by atoms with van der Waals surface area (Å²) in [6, 6.07) is 16.0. The highest BCUT2D eigenvalue weighted by Crippen LogP contribution is 2.30. The average Bonchev–Trinajstić information content (AvgIpc) is 3.26. The molecule has 7 nitrogen and oxygen atoms in total. The highest BCUT2D eigenvalue weighted by Gasteiger charge is 2.42. The van der Waals surface area contributed by atoms with E-state index in [-0.39, 0.29) is 4.59 Å². The van der Waals surface area contributed by atoms with Crippen molar-refractivity contribution in [2.24, 2.45) is 15.1 Å². The molecular weight excluding hydrogens is 314 g/mol. The number of amidine groups is 1. The van der Waals surface area contributed by atoms with Crippen molar-refractivity contribution < 1.29 is 0 Å². The van der Waals surface area contributed by atoms with E-state index in [0.29, 0.717) is 5.96 Å². The molecule has 0 fully saturated rings. The lowest BCUT2D eigenvalue weighted by Gasteiger charge is -2.23. The van der Waals surface area contributed by atoms with E-state index in [2.05, 4.69) is 25.5 Å². The molecule has 0 radical (unpaired) electrons. The van der Waals surface area contributed by atoms with Crippen LogP contribution in [0.25, 0.3) is 10.9 Å². The quantitative estimate of drug-likeness (QED) is 0.709. The molecule has 0 aliphatic carbocycles. The number of anilines is 1. The summed E-state index contributed by atoms with van der Waals surface area (Å²) in [7, 11) is 0. The molecule has 2 aliphatic rings. The lowest BCUT2D eigenvalue weighted by atomic mass is 10.2. The number of aliphatic imine (C=N–C) groups is 2. The summed E-state index contributed by atoms with van der Waals surface area (Å²) < 4.78 is 0.181. The van der Waals surface area contributed by atoms with Gasteiger partial charge in [0.05, 0.1) is 17.9 Å². The zero-order chi connectivity index (χ0) is 16.7. The molecule has 0 bridgehead atoms. The number of guanidine groups is 1. The topological polar surface area (TPSA) is 77.8 Å². The van der Waals surface area contributed by atoms with Crippen molar-refractivity contribution in [3.05, 3.63) is 67.1 Å². The lowest BCUT2D eigenvalue weighted by Crippen LogP contribution is -2.44. The van der Waals surface area contributed by atoms with Gasteiger partial charge in [-0.25, -0.2) is 0 Å². The highest BCUT2D eigenvalue weighted by molar-refractivity contribution is 6.38. The molecular formula is C18H14N7+. The number of aromatic amines is 1. The van der Waals surface area contributed by atoms with Gasteiger partial charge in [0.1, 0.15) is 6.21 Å². The molecule has 1 unspecified atom stereocenters. The molecule has 2 N–H and O–H groups in total. The Morgan fingerprint density at radius 2 is 1.96 bits per heavy atom. The Kier molecular flexibility index (Phi) is 2.88. The summed E-state index contributed by atoms with van der Waals surface area (Å²) in [5, 5.41) is 16.1. The number of nitrogens with one attached hydrogen (secondary N) is 2. The first-order valence-corrected chi connectivity index (χ1v) is 7.88. The first-order valence-electron chi connectivity index (χ1n) is 7.88. The van der Waals surface area contributed by atoms with Crippen LogP contribution in [-0.4, -0.2) is 28.2 Å². The van der Waals surface area contributed by atoms with E-state index in [0.717, 1.165) is 28.1 Å². The summed E-state index contributed by atoms with van der Waals surface area (Å²) in [5.74, 6) is 1.29. The van der Waals surface area contributed by atoms with Crippen LogP contribution in [-0.2, 0) is 0 Å². The maximum absolute atomic E-state index is 4.81. The van der Waals surface area contributed by atoms with Crippen LogP contribution in [0.2, 0.25) is 0 Å². The molecule has 0 saturated heterocycles. The summed E-state index contributed by atoms with van der Waals surface area (Å²) >= 11 is 0. The minimum absolute atomic E-state index is 0.181. The van der Waals surface area contributed by atoms with Crippen LogP contribution in [0.4, 0.5) is 11.4 Å². The van der Waals surface area contributed by atoms with Crippen molar-refractivity contribution in [1.29, 1.82) is 0 Å². The van der Waals surface area contributed by atoms with Gasteiger partial charge in [-0.05, 0) is 23.3 Å². The second-order valence-electron chi connectivity index (χ2n) is 5.79. The lowest BCUT2D eigenvalue weighted by molar-refractivity contribution is 0.592. The molecule has 1 aromatic heterocycles. The van der Waals surface area contributed by atoms with Gasteiger partial charge in [-0.3, -0.25) is 10.1 Å². The Bertz CT molecular complexity index is 1080. The van der Waals surface area contributed by atoms with Crippen molar-refractivity contribution >= 4 is 40.3 Å². The number of H-pyrrole nitrogens is 1. The van der Waals surface area contributed by atoms with Crippen molar-refractivity contribution in [2.75, 3.05) is 5.32 Å². The van der Waals surface area contributed by atoms with E-state index >= 15 is 0 Å². The second kappa shape index (κ2) is 5.22. The van der Waals surface area contributed by atoms with Crippen molar-refractivity contribution in [2.45, 2.75) is 0 Å². The number of nitrogens with zero attached hydrogens (tertiary/aromatic N) is 5. The van der Waals surface area contributed by atoms with E-state index in [1.807, 2.05) is 54.7 Å². The van der Waals surface area contributed by atoms with E-state index in [1.54, 1.807) is 18.6 Å². The largest absolute Gasteiger partial charge is 0.320 e. The predicted molar refractivity (Wildman–Crippen MR) is 100 cm³/mol. The molecule has 120 valence electrons. The van der Waals surface area contributed by atoms with Crippen LogP contribution in [0, 0.1) is 0 Å². The number of hydrogen-bond acceptors (Lipinski definition) is 5. The standard InChI is InChI=1S/C18H14N7/c1-2-4-15(5-3-1)25-9-8-19-12-17(25)22-18(24-25)21-14-6-7-16-13(10-14)11-20-23-16/h1-12H,(H,20,23)(H,21,24)/q+1. The van der Waals surface area contributed by atoms with Crippen LogP contribution in [0.5, 0.6) is 0 Å². The molecule has 0 saturated carbocycles. The highest BCUT2D eigenvalue weighted by atomic mass is 15.7. The zero-order valence-electron chi connectivity index (χ0n) is 13.2. The maximum Gasteiger partial charge on any atom is 0.287 e. The van der Waals surface area contributed by atoms with Crippen LogP contribution in [0.1, 0.15) is 0 Å². The number of rotatable bonds is 2. The molecule has 1 atom stereocenters. The van der Waals surface area contributed by atoms with Crippen LogP contribution in [0.15, 0.2) is 82.2 Å². The average molecular weight is 328 g/mol. The summed E-state index contributed by atoms with van der Waals surface area (Å²) in [5.41, 5.74) is 2.90. The minimum Gasteiger partial charge on any atom is -0.320 e. The molecule has 0 amide bonds. The fourth-order valence-corrected chi connectivity index (χ4v) is 3.01. The molecule has 2 aliphatic heterocycles. The number of aromatic nitrogens is 2. The first kappa shape index (κ1) is 13.8. The van der Waals surface area contributed by atoms with Crippen molar-refractivity contribution in [3.63, 3.8) is 0 Å². The Balaban J connectivity index is 1.55. The Labute approximate surface area is 143 Å². The molecule has 3 aromatic rings. The van der Waals surface area contributed by atoms with Gasteiger partial charge >= 0.3 is 0 Å². The molecule has 7 heteroatoms. The molecule has 0 spiro atoms. The normalized spacial score (nSPS) is 21.1. The third-order valence-corrected chi connectivity index (χ3v) is 4.23. The monoisotopic (exact) mass is 328 g/mol. The third kappa shape index (κ3) is 2.18. The Morgan fingerprint density at radius 3 is 2.88 bits per heavy atom. The minimum atomic E-state index is 0.181. The number of hydrogen-bond donors (Lipinski definition) is 2. The van der Waals surface area contributed by atoms with Crippen molar-refractivity contribution in [1.82, 2.24) is 14.8 Å². The van der Waals surface area contributed by atoms with Gasteiger partial charge in [0.25, 0.3) is 11.8 Å². The zero-order valence-corrected chi connectivity index (χ0v) is 13.2. The van der Waals surface area contributed by atoms with Gasteiger partial charge in [-0.1, -0.05) is 22.8 Å². The van der Waals surface area contributed by atoms with Crippen LogP contribution in [0.3, 0.4) is 0 Å². The number of fused-ring (bicyclic) bond motifs is 2. The van der Waals surface area contributed by atoms with Gasteiger partial charge < -0.3 is 5.32 Å². The number of quaternary nitrogens is 1. The smallest absolute Gasteiger partial charge is 0.287 e. The van der Waals surface area contributed by atoms with Gasteiger partial charge in [0.15, 0.2) is 11.9 Å². The van der Waals surface area contributed by atoms with E-state index in [1.165, 1.54) is 0 Å². The van der Waals surface area contributed by atoms with Crippen LogP contribution < -0.4 is 9.91 Å². The first-order chi connectivity index (χ1) is 12.3. The fourth-order valence-electron chi connectivity index (χ4n) is 3.01. The van der Waals surface area contributed by atoms with Crippen LogP contribution >= 0.6 is 0 Å². The predicted octanol–water partition coefficient (Wildman–Crippen LogP) is 3.22. The molecule has 2 aromatic carbocycles. The summed E-state index contributed by atoms with van der Waals surface area (Å²) in [6.07, 6.45) is 7.20. The van der Waals surface area contributed by atoms with Gasteiger partial charge in [0, 0.05) is 23.2 Å². The molecule has 25 heavy (non-hydrogen) atoms. The maximum atomic E-state index is 4.81. The Morgan fingerprint density at radius 1 is 1.04 bits per heavy atom. The van der Waals surface area contributed by atoms with Gasteiger partial charge in [0.2, 0.25) is 0 Å². The van der Waals surface area contributed by atoms with Crippen molar-refractivity contribution in [3.8, 4) is 0 Å². The summed E-state index contributed by atoms with van der Waals surface area (Å²) in [6.45, 7) is 0. The number of benzene rings is 2.